The fraction of sp³-hybridized carbons (Fsp3) is 0.818. The Kier molecular flexibility index (Phi) is 4.23. The molecule has 0 spiro atoms. The average Bonchev–Trinajstić information content (AvgIpc) is 2.85. The lowest BCUT2D eigenvalue weighted by Crippen LogP contribution is -2.33. The van der Waals surface area contributed by atoms with E-state index in [1.54, 1.807) is 0 Å². The molecule has 0 aliphatic heterocycles. The molecule has 4 nitrogen and oxygen atoms in total. The van der Waals surface area contributed by atoms with Gasteiger partial charge in [-0.3, -0.25) is 0 Å². The Morgan fingerprint density at radius 1 is 1.44 bits per heavy atom. The summed E-state index contributed by atoms with van der Waals surface area (Å²) >= 11 is 2.06. The van der Waals surface area contributed by atoms with Crippen molar-refractivity contribution in [3.8, 4) is 0 Å². The van der Waals surface area contributed by atoms with Gasteiger partial charge in [-0.05, 0) is 18.6 Å². The van der Waals surface area contributed by atoms with Crippen LogP contribution in [0.5, 0.6) is 0 Å². The van der Waals surface area contributed by atoms with E-state index < -0.39 is 0 Å². The van der Waals surface area contributed by atoms with Gasteiger partial charge in [0.15, 0.2) is 0 Å². The van der Waals surface area contributed by atoms with Crippen molar-refractivity contribution in [1.82, 2.24) is 15.5 Å². The maximum Gasteiger partial charge on any atom is 0.230 e. The second kappa shape index (κ2) is 5.68. The Morgan fingerprint density at radius 3 is 3.00 bits per heavy atom. The molecular weight excluding hydrogens is 222 g/mol. The number of hydrogen-bond acceptors (Lipinski definition) is 5. The van der Waals surface area contributed by atoms with Gasteiger partial charge < -0.3 is 9.73 Å². The summed E-state index contributed by atoms with van der Waals surface area (Å²) in [5.74, 6) is 2.54. The first kappa shape index (κ1) is 11.9. The molecule has 0 bridgehead atoms. The van der Waals surface area contributed by atoms with Gasteiger partial charge in [0.05, 0.1) is 6.54 Å². The molecule has 1 saturated carbocycles. The molecule has 0 saturated heterocycles. The zero-order valence-electron chi connectivity index (χ0n) is 9.90. The van der Waals surface area contributed by atoms with Gasteiger partial charge in [-0.1, -0.05) is 13.3 Å². The molecule has 1 aromatic heterocycles. The minimum Gasteiger partial charge on any atom is -0.424 e. The fourth-order valence-electron chi connectivity index (χ4n) is 2.20. The van der Waals surface area contributed by atoms with Gasteiger partial charge in [0.1, 0.15) is 0 Å². The Labute approximate surface area is 101 Å². The number of nitrogens with one attached hydrogen (secondary N) is 1. The number of hydrogen-bond donors (Lipinski definition) is 1. The summed E-state index contributed by atoms with van der Waals surface area (Å²) < 4.78 is 5.35. The lowest BCUT2D eigenvalue weighted by Gasteiger charge is -2.19. The molecule has 1 aliphatic rings. The van der Waals surface area contributed by atoms with Crippen molar-refractivity contribution in [3.63, 3.8) is 0 Å². The predicted molar refractivity (Wildman–Crippen MR) is 65.4 cm³/mol. The number of rotatable bonds is 5. The van der Waals surface area contributed by atoms with Crippen molar-refractivity contribution in [2.75, 3.05) is 5.75 Å². The van der Waals surface area contributed by atoms with E-state index in [-0.39, 0.29) is 0 Å². The van der Waals surface area contributed by atoms with Crippen LogP contribution in [0.25, 0.3) is 0 Å². The topological polar surface area (TPSA) is 51.0 Å². The van der Waals surface area contributed by atoms with E-state index in [1.807, 2.05) is 6.92 Å². The first-order valence-electron chi connectivity index (χ1n) is 5.93. The van der Waals surface area contributed by atoms with Gasteiger partial charge in [-0.25, -0.2) is 0 Å². The first-order valence-corrected chi connectivity index (χ1v) is 6.98. The van der Waals surface area contributed by atoms with Crippen LogP contribution in [0.3, 0.4) is 0 Å². The lowest BCUT2D eigenvalue weighted by atomic mass is 10.2. The van der Waals surface area contributed by atoms with Crippen molar-refractivity contribution in [2.24, 2.45) is 0 Å². The normalized spacial score (nSPS) is 25.1. The highest BCUT2D eigenvalue weighted by atomic mass is 32.2. The van der Waals surface area contributed by atoms with E-state index >= 15 is 0 Å². The van der Waals surface area contributed by atoms with E-state index in [9.17, 15) is 0 Å². The predicted octanol–water partition coefficient (Wildman–Crippen LogP) is 2.14. The fourth-order valence-corrected chi connectivity index (χ4v) is 3.43. The zero-order valence-corrected chi connectivity index (χ0v) is 10.7. The minimum atomic E-state index is 0.608. The van der Waals surface area contributed by atoms with Crippen molar-refractivity contribution in [2.45, 2.75) is 50.9 Å². The Hall–Kier alpha value is -0.550. The minimum absolute atomic E-state index is 0.608. The van der Waals surface area contributed by atoms with Gasteiger partial charge in [0, 0.05) is 18.2 Å². The van der Waals surface area contributed by atoms with E-state index in [0.29, 0.717) is 24.4 Å². The van der Waals surface area contributed by atoms with Crippen LogP contribution in [0.4, 0.5) is 0 Å². The third-order valence-corrected chi connectivity index (χ3v) is 4.24. The first-order chi connectivity index (χ1) is 7.79. The molecular formula is C11H19N3OS. The zero-order chi connectivity index (χ0) is 11.4. The van der Waals surface area contributed by atoms with E-state index in [4.69, 9.17) is 4.42 Å². The molecule has 1 N–H and O–H groups in total. The highest BCUT2D eigenvalue weighted by Crippen LogP contribution is 2.29. The molecule has 5 heteroatoms. The van der Waals surface area contributed by atoms with Crippen LogP contribution >= 0.6 is 11.8 Å². The number of thioether (sulfide) groups is 1. The van der Waals surface area contributed by atoms with Crippen LogP contribution in [-0.2, 0) is 6.54 Å². The van der Waals surface area contributed by atoms with Crippen LogP contribution in [0.2, 0.25) is 0 Å². The molecule has 1 fully saturated rings. The lowest BCUT2D eigenvalue weighted by molar-refractivity contribution is 0.423. The maximum absolute atomic E-state index is 5.35. The number of nitrogens with zero attached hydrogens (tertiary/aromatic N) is 2. The Bertz CT molecular complexity index is 329. The molecule has 16 heavy (non-hydrogen) atoms. The molecule has 2 unspecified atom stereocenters. The van der Waals surface area contributed by atoms with Crippen molar-refractivity contribution in [3.05, 3.63) is 11.8 Å². The largest absolute Gasteiger partial charge is 0.424 e. The monoisotopic (exact) mass is 241 g/mol. The van der Waals surface area contributed by atoms with E-state index in [0.717, 1.165) is 5.25 Å². The standard InChI is InChI=1S/C11H19N3OS/c1-3-16-10-6-4-5-9(10)12-7-11-14-13-8(2)15-11/h9-10,12H,3-7H2,1-2H3. The average molecular weight is 241 g/mol. The Balaban J connectivity index is 1.80. The van der Waals surface area contributed by atoms with Crippen molar-refractivity contribution < 1.29 is 4.42 Å². The van der Waals surface area contributed by atoms with Crippen LogP contribution in [-0.4, -0.2) is 27.2 Å². The van der Waals surface area contributed by atoms with Crippen LogP contribution < -0.4 is 5.32 Å². The highest BCUT2D eigenvalue weighted by Gasteiger charge is 2.26. The quantitative estimate of drug-likeness (QED) is 0.856. The van der Waals surface area contributed by atoms with Crippen LogP contribution in [0.1, 0.15) is 38.0 Å². The summed E-state index contributed by atoms with van der Waals surface area (Å²) in [5.41, 5.74) is 0. The number of aryl methyl sites for hydroxylation is 1. The molecule has 1 aromatic rings. The summed E-state index contributed by atoms with van der Waals surface area (Å²) in [4.78, 5) is 0. The summed E-state index contributed by atoms with van der Waals surface area (Å²) in [5, 5.41) is 12.1. The van der Waals surface area contributed by atoms with Crippen molar-refractivity contribution in [1.29, 1.82) is 0 Å². The molecule has 2 atom stereocenters. The smallest absolute Gasteiger partial charge is 0.230 e. The van der Waals surface area contributed by atoms with E-state index in [1.165, 1.54) is 25.0 Å². The van der Waals surface area contributed by atoms with Gasteiger partial charge >= 0.3 is 0 Å². The molecule has 90 valence electrons. The van der Waals surface area contributed by atoms with E-state index in [2.05, 4.69) is 34.2 Å². The second-order valence-corrected chi connectivity index (χ2v) is 5.64. The van der Waals surface area contributed by atoms with Gasteiger partial charge in [0.25, 0.3) is 0 Å². The Morgan fingerprint density at radius 2 is 2.31 bits per heavy atom. The molecule has 1 aliphatic carbocycles. The third kappa shape index (κ3) is 2.98. The maximum atomic E-state index is 5.35. The van der Waals surface area contributed by atoms with Gasteiger partial charge in [-0.15, -0.1) is 10.2 Å². The summed E-state index contributed by atoms with van der Waals surface area (Å²) in [7, 11) is 0. The van der Waals surface area contributed by atoms with Crippen LogP contribution in [0.15, 0.2) is 4.42 Å². The van der Waals surface area contributed by atoms with Crippen LogP contribution in [0, 0.1) is 6.92 Å². The third-order valence-electron chi connectivity index (χ3n) is 2.92. The summed E-state index contributed by atoms with van der Waals surface area (Å²) in [6.07, 6.45) is 3.93. The van der Waals surface area contributed by atoms with Gasteiger partial charge in [-0.2, -0.15) is 11.8 Å². The highest BCUT2D eigenvalue weighted by molar-refractivity contribution is 7.99. The van der Waals surface area contributed by atoms with Gasteiger partial charge in [0.2, 0.25) is 11.8 Å². The number of aromatic nitrogens is 2. The summed E-state index contributed by atoms with van der Waals surface area (Å²) in [6.45, 7) is 4.75. The molecule has 0 aromatic carbocycles. The van der Waals surface area contributed by atoms with Crippen molar-refractivity contribution >= 4 is 11.8 Å². The summed E-state index contributed by atoms with van der Waals surface area (Å²) in [6, 6.07) is 0.608. The molecule has 1 heterocycles. The molecule has 2 rings (SSSR count). The molecule has 0 radical (unpaired) electrons. The molecule has 0 amide bonds. The SMILES string of the molecule is CCSC1CCCC1NCc1nnc(C)o1. The second-order valence-electron chi connectivity index (χ2n) is 4.13.